The number of ketones is 1. The Morgan fingerprint density at radius 1 is 1.26 bits per heavy atom. The first-order chi connectivity index (χ1) is 11.0. The lowest BCUT2D eigenvalue weighted by Crippen LogP contribution is -2.01. The van der Waals surface area contributed by atoms with Gasteiger partial charge in [0.2, 0.25) is 11.7 Å². The molecule has 0 atom stereocenters. The highest BCUT2D eigenvalue weighted by Gasteiger charge is 2.17. The van der Waals surface area contributed by atoms with E-state index in [1.54, 1.807) is 6.07 Å². The molecule has 0 aliphatic carbocycles. The molecule has 3 rings (SSSR count). The number of alkyl halides is 2. The maximum atomic E-state index is 12.8. The molecule has 0 bridgehead atoms. The van der Waals surface area contributed by atoms with Crippen molar-refractivity contribution in [3.05, 3.63) is 46.7 Å². The smallest absolute Gasteiger partial charge is 0.299 e. The predicted molar refractivity (Wildman–Crippen MR) is 77.3 cm³/mol. The molecule has 6 nitrogen and oxygen atoms in total. The number of nitrogens with zero attached hydrogens (tertiary/aromatic N) is 4. The Kier molecular flexibility index (Phi) is 3.91. The molecule has 0 unspecified atom stereocenters. The van der Waals surface area contributed by atoms with E-state index in [-0.39, 0.29) is 28.1 Å². The van der Waals surface area contributed by atoms with E-state index in [4.69, 9.17) is 16.3 Å². The molecule has 1 aromatic carbocycles. The summed E-state index contributed by atoms with van der Waals surface area (Å²) in [5.41, 5.74) is 0.607. The summed E-state index contributed by atoms with van der Waals surface area (Å²) in [6, 6.07) is 7.41. The lowest BCUT2D eigenvalue weighted by atomic mass is 10.1. The average molecular weight is 339 g/mol. The number of hydrogen-bond donors (Lipinski definition) is 0. The third-order valence-electron chi connectivity index (χ3n) is 3.01. The van der Waals surface area contributed by atoms with Gasteiger partial charge in [0.1, 0.15) is 5.75 Å². The summed E-state index contributed by atoms with van der Waals surface area (Å²) in [6.45, 7) is 1.42. The van der Waals surface area contributed by atoms with Crippen molar-refractivity contribution in [1.82, 2.24) is 19.8 Å². The molecule has 0 spiro atoms. The van der Waals surface area contributed by atoms with Gasteiger partial charge in [0.25, 0.3) is 6.43 Å². The zero-order valence-corrected chi connectivity index (χ0v) is 12.5. The van der Waals surface area contributed by atoms with Gasteiger partial charge in [-0.1, -0.05) is 11.6 Å². The van der Waals surface area contributed by atoms with Crippen LogP contribution in [0.1, 0.15) is 29.5 Å². The van der Waals surface area contributed by atoms with Crippen LogP contribution in [-0.4, -0.2) is 25.6 Å². The van der Waals surface area contributed by atoms with Gasteiger partial charge in [-0.15, -0.1) is 15.3 Å². The van der Waals surface area contributed by atoms with Crippen molar-refractivity contribution in [2.75, 3.05) is 0 Å². The Bertz CT molecular complexity index is 898. The summed E-state index contributed by atoms with van der Waals surface area (Å²) < 4.78 is 32.0. The quantitative estimate of drug-likeness (QED) is 0.678. The second kappa shape index (κ2) is 5.88. The molecular formula is C14H9ClF2N4O2. The van der Waals surface area contributed by atoms with Crippen molar-refractivity contribution in [1.29, 1.82) is 0 Å². The molecule has 0 fully saturated rings. The summed E-state index contributed by atoms with van der Waals surface area (Å²) >= 11 is 6.05. The van der Waals surface area contributed by atoms with Crippen molar-refractivity contribution in [3.63, 3.8) is 0 Å². The number of ether oxygens (including phenoxy) is 1. The molecule has 0 aliphatic heterocycles. The number of carbonyl (C=O) groups is 1. The van der Waals surface area contributed by atoms with Gasteiger partial charge in [-0.05, 0) is 31.2 Å². The first-order valence-electron chi connectivity index (χ1n) is 6.44. The first kappa shape index (κ1) is 15.3. The zero-order chi connectivity index (χ0) is 16.6. The second-order valence-corrected chi connectivity index (χ2v) is 5.01. The highest BCUT2D eigenvalue weighted by Crippen LogP contribution is 2.29. The number of halogens is 3. The van der Waals surface area contributed by atoms with Crippen LogP contribution in [0.25, 0.3) is 5.65 Å². The van der Waals surface area contributed by atoms with Gasteiger partial charge in [0.05, 0.1) is 5.02 Å². The van der Waals surface area contributed by atoms with Crippen molar-refractivity contribution in [2.45, 2.75) is 13.3 Å². The van der Waals surface area contributed by atoms with Crippen LogP contribution in [0.3, 0.4) is 0 Å². The maximum Gasteiger partial charge on any atom is 0.299 e. The molecule has 23 heavy (non-hydrogen) atoms. The van der Waals surface area contributed by atoms with Crippen LogP contribution in [0, 0.1) is 0 Å². The highest BCUT2D eigenvalue weighted by molar-refractivity contribution is 6.32. The lowest BCUT2D eigenvalue weighted by Gasteiger charge is -2.08. The van der Waals surface area contributed by atoms with Crippen LogP contribution >= 0.6 is 11.6 Å². The van der Waals surface area contributed by atoms with Crippen LogP contribution in [0.5, 0.6) is 11.6 Å². The number of hydrogen-bond acceptors (Lipinski definition) is 5. The van der Waals surface area contributed by atoms with E-state index in [0.29, 0.717) is 5.56 Å². The summed E-state index contributed by atoms with van der Waals surface area (Å²) in [5, 5.41) is 11.1. The van der Waals surface area contributed by atoms with E-state index in [1.165, 1.54) is 31.2 Å². The van der Waals surface area contributed by atoms with Gasteiger partial charge in [-0.2, -0.15) is 4.52 Å². The molecule has 2 aromatic heterocycles. The number of Topliss-reactive ketones (excluding diaryl/α,β-unsaturated/α-hetero) is 1. The molecule has 2 heterocycles. The molecular weight excluding hydrogens is 330 g/mol. The molecule has 0 amide bonds. The van der Waals surface area contributed by atoms with Gasteiger partial charge < -0.3 is 4.74 Å². The Morgan fingerprint density at radius 2 is 2.04 bits per heavy atom. The fourth-order valence-electron chi connectivity index (χ4n) is 1.89. The third-order valence-corrected chi connectivity index (χ3v) is 3.31. The molecule has 9 heteroatoms. The predicted octanol–water partition coefficient (Wildman–Crippen LogP) is 3.71. The summed E-state index contributed by atoms with van der Waals surface area (Å²) in [6.07, 6.45) is -2.81. The van der Waals surface area contributed by atoms with Crippen LogP contribution in [0.4, 0.5) is 8.78 Å². The first-order valence-corrected chi connectivity index (χ1v) is 6.82. The number of carbonyl (C=O) groups excluding carboxylic acids is 1. The molecule has 3 aromatic rings. The summed E-state index contributed by atoms with van der Waals surface area (Å²) in [5.74, 6) is -0.431. The molecule has 118 valence electrons. The highest BCUT2D eigenvalue weighted by atomic mass is 35.5. The fourth-order valence-corrected chi connectivity index (χ4v) is 2.11. The van der Waals surface area contributed by atoms with E-state index < -0.39 is 12.2 Å². The van der Waals surface area contributed by atoms with Crippen molar-refractivity contribution < 1.29 is 18.3 Å². The second-order valence-electron chi connectivity index (χ2n) is 4.60. The van der Waals surface area contributed by atoms with Gasteiger partial charge in [0.15, 0.2) is 11.4 Å². The lowest BCUT2D eigenvalue weighted by molar-refractivity contribution is 0.101. The van der Waals surface area contributed by atoms with Crippen LogP contribution < -0.4 is 4.74 Å². The Morgan fingerprint density at radius 3 is 2.70 bits per heavy atom. The van der Waals surface area contributed by atoms with E-state index in [0.717, 1.165) is 4.52 Å². The number of aromatic nitrogens is 4. The van der Waals surface area contributed by atoms with Gasteiger partial charge in [-0.3, -0.25) is 4.79 Å². The normalized spacial score (nSPS) is 11.2. The molecule has 0 saturated carbocycles. The largest absolute Gasteiger partial charge is 0.436 e. The molecule has 0 saturated heterocycles. The summed E-state index contributed by atoms with van der Waals surface area (Å²) in [4.78, 5) is 11.3. The van der Waals surface area contributed by atoms with Crippen molar-refractivity contribution >= 4 is 23.0 Å². The number of rotatable bonds is 4. The Hall–Kier alpha value is -2.61. The van der Waals surface area contributed by atoms with E-state index >= 15 is 0 Å². The maximum absolute atomic E-state index is 12.8. The minimum absolute atomic E-state index is 0.0386. The number of fused-ring (bicyclic) bond motifs is 1. The van der Waals surface area contributed by atoms with Crippen LogP contribution in [0.2, 0.25) is 5.02 Å². The zero-order valence-electron chi connectivity index (χ0n) is 11.7. The third kappa shape index (κ3) is 2.98. The van der Waals surface area contributed by atoms with Crippen LogP contribution in [0.15, 0.2) is 30.3 Å². The van der Waals surface area contributed by atoms with Crippen LogP contribution in [-0.2, 0) is 0 Å². The van der Waals surface area contributed by atoms with E-state index in [9.17, 15) is 13.6 Å². The van der Waals surface area contributed by atoms with Crippen molar-refractivity contribution in [2.24, 2.45) is 0 Å². The molecule has 0 N–H and O–H groups in total. The Balaban J connectivity index is 1.95. The topological polar surface area (TPSA) is 69.4 Å². The van der Waals surface area contributed by atoms with E-state index in [2.05, 4.69) is 15.3 Å². The summed E-state index contributed by atoms with van der Waals surface area (Å²) in [7, 11) is 0. The monoisotopic (exact) mass is 338 g/mol. The number of benzene rings is 1. The SMILES string of the molecule is CC(=O)c1ccc(Oc2ccc3nnc(C(F)F)n3n2)c(Cl)c1. The van der Waals surface area contributed by atoms with Gasteiger partial charge in [-0.25, -0.2) is 8.78 Å². The molecule has 0 radical (unpaired) electrons. The van der Waals surface area contributed by atoms with Crippen molar-refractivity contribution in [3.8, 4) is 11.6 Å². The van der Waals surface area contributed by atoms with Gasteiger partial charge in [0, 0.05) is 11.6 Å². The minimum Gasteiger partial charge on any atom is -0.436 e. The fraction of sp³-hybridized carbons (Fsp3) is 0.143. The van der Waals surface area contributed by atoms with E-state index in [1.807, 2.05) is 0 Å². The minimum atomic E-state index is -2.81. The van der Waals surface area contributed by atoms with Gasteiger partial charge >= 0.3 is 0 Å². The standard InChI is InChI=1S/C14H9ClF2N4O2/c1-7(22)8-2-3-10(9(15)6-8)23-12-5-4-11-18-19-14(13(16)17)21(11)20-12/h2-6,13H,1H3. The Labute approximate surface area is 133 Å². The average Bonchev–Trinajstić information content (AvgIpc) is 2.92. The molecule has 0 aliphatic rings.